The summed E-state index contributed by atoms with van der Waals surface area (Å²) in [6, 6.07) is 12.4. The summed E-state index contributed by atoms with van der Waals surface area (Å²) < 4.78 is 4.95. The number of nitrogens with one attached hydrogen (secondary N) is 2. The van der Waals surface area contributed by atoms with Crippen molar-refractivity contribution >= 4 is 23.4 Å². The average Bonchev–Trinajstić information content (AvgIpc) is 2.94. The van der Waals surface area contributed by atoms with Crippen LogP contribution >= 0.6 is 0 Å². The topological polar surface area (TPSA) is 92.9 Å². The molecule has 0 bridgehead atoms. The fraction of sp³-hybridized carbons (Fsp3) is 0.125. The fourth-order valence-electron chi connectivity index (χ4n) is 2.00. The van der Waals surface area contributed by atoms with E-state index in [9.17, 15) is 4.79 Å². The molecule has 0 spiro atoms. The maximum Gasteiger partial charge on any atom is 0.256 e. The molecule has 23 heavy (non-hydrogen) atoms. The molecule has 1 aromatic carbocycles. The van der Waals surface area contributed by atoms with Gasteiger partial charge in [-0.1, -0.05) is 22.9 Å². The van der Waals surface area contributed by atoms with Gasteiger partial charge in [0.15, 0.2) is 17.5 Å². The van der Waals surface area contributed by atoms with Gasteiger partial charge in [0.25, 0.3) is 5.91 Å². The molecule has 3 aromatic rings. The molecule has 7 heteroatoms. The van der Waals surface area contributed by atoms with Gasteiger partial charge >= 0.3 is 0 Å². The molecule has 2 heterocycles. The second-order valence-electron chi connectivity index (χ2n) is 5.08. The van der Waals surface area contributed by atoms with E-state index in [1.54, 1.807) is 31.2 Å². The fourth-order valence-corrected chi connectivity index (χ4v) is 2.00. The molecule has 1 amide bonds. The third-order valence-electron chi connectivity index (χ3n) is 3.07. The zero-order valence-electron chi connectivity index (χ0n) is 12.7. The molecule has 0 saturated carbocycles. The molecule has 116 valence electrons. The standard InChI is InChI=1S/C16H15N5O2/c1-10-4-3-5-12(8-10)16(22)18-14-7-6-13(19-20-14)17-15-9-11(2)23-21-15/h3-9H,1-2H3,(H,17,19,21)(H,18,20,22). The summed E-state index contributed by atoms with van der Waals surface area (Å²) in [5.41, 5.74) is 1.60. The summed E-state index contributed by atoms with van der Waals surface area (Å²) in [5.74, 6) is 1.90. The molecule has 0 unspecified atom stereocenters. The smallest absolute Gasteiger partial charge is 0.256 e. The number of aromatic nitrogens is 3. The van der Waals surface area contributed by atoms with Gasteiger partial charge in [0.1, 0.15) is 5.76 Å². The van der Waals surface area contributed by atoms with Crippen LogP contribution in [0.5, 0.6) is 0 Å². The molecule has 2 aromatic heterocycles. The molecule has 0 atom stereocenters. The predicted molar refractivity (Wildman–Crippen MR) is 85.7 cm³/mol. The first-order valence-electron chi connectivity index (χ1n) is 7.02. The number of anilines is 3. The van der Waals surface area contributed by atoms with E-state index >= 15 is 0 Å². The lowest BCUT2D eigenvalue weighted by Gasteiger charge is -2.05. The second-order valence-corrected chi connectivity index (χ2v) is 5.08. The van der Waals surface area contributed by atoms with Crippen molar-refractivity contribution in [3.05, 3.63) is 59.4 Å². The number of carbonyl (C=O) groups is 1. The largest absolute Gasteiger partial charge is 0.360 e. The zero-order valence-corrected chi connectivity index (χ0v) is 12.7. The van der Waals surface area contributed by atoms with Crippen LogP contribution in [0.3, 0.4) is 0 Å². The summed E-state index contributed by atoms with van der Waals surface area (Å²) in [6.45, 7) is 3.73. The predicted octanol–water partition coefficient (Wildman–Crippen LogP) is 3.08. The third kappa shape index (κ3) is 3.70. The Bertz CT molecular complexity index is 826. The van der Waals surface area contributed by atoms with E-state index < -0.39 is 0 Å². The minimum atomic E-state index is -0.226. The van der Waals surface area contributed by atoms with E-state index in [1.807, 2.05) is 25.1 Å². The summed E-state index contributed by atoms with van der Waals surface area (Å²) in [6.07, 6.45) is 0. The van der Waals surface area contributed by atoms with Crippen LogP contribution in [0.4, 0.5) is 17.5 Å². The number of carbonyl (C=O) groups excluding carboxylic acids is 1. The number of rotatable bonds is 4. The van der Waals surface area contributed by atoms with Crippen molar-refractivity contribution in [2.24, 2.45) is 0 Å². The number of aryl methyl sites for hydroxylation is 2. The Kier molecular flexibility index (Phi) is 4.01. The Balaban J connectivity index is 1.66. The molecule has 0 aliphatic heterocycles. The zero-order chi connectivity index (χ0) is 16.2. The van der Waals surface area contributed by atoms with Gasteiger partial charge in [0.05, 0.1) is 0 Å². The quantitative estimate of drug-likeness (QED) is 0.769. The van der Waals surface area contributed by atoms with Crippen LogP contribution in [0.2, 0.25) is 0 Å². The molecule has 2 N–H and O–H groups in total. The van der Waals surface area contributed by atoms with Crippen LogP contribution in [-0.2, 0) is 0 Å². The molecular formula is C16H15N5O2. The monoisotopic (exact) mass is 309 g/mol. The van der Waals surface area contributed by atoms with Crippen LogP contribution in [0, 0.1) is 13.8 Å². The highest BCUT2D eigenvalue weighted by atomic mass is 16.5. The SMILES string of the molecule is Cc1cccc(C(=O)Nc2ccc(Nc3cc(C)on3)nn2)c1. The van der Waals surface area contributed by atoms with Crippen molar-refractivity contribution in [3.63, 3.8) is 0 Å². The molecule has 0 fully saturated rings. The minimum Gasteiger partial charge on any atom is -0.360 e. The van der Waals surface area contributed by atoms with Crippen molar-refractivity contribution in [1.82, 2.24) is 15.4 Å². The highest BCUT2D eigenvalue weighted by molar-refractivity contribution is 6.03. The maximum absolute atomic E-state index is 12.1. The number of nitrogens with zero attached hydrogens (tertiary/aromatic N) is 3. The maximum atomic E-state index is 12.1. The van der Waals surface area contributed by atoms with Crippen molar-refractivity contribution in [2.45, 2.75) is 13.8 Å². The average molecular weight is 309 g/mol. The first-order chi connectivity index (χ1) is 11.1. The molecule has 0 aliphatic rings. The van der Waals surface area contributed by atoms with E-state index in [-0.39, 0.29) is 5.91 Å². The molecule has 3 rings (SSSR count). The summed E-state index contributed by atoms with van der Waals surface area (Å²) in [4.78, 5) is 12.1. The van der Waals surface area contributed by atoms with Crippen LogP contribution in [0.25, 0.3) is 0 Å². The van der Waals surface area contributed by atoms with Gasteiger partial charge in [0, 0.05) is 11.6 Å². The summed E-state index contributed by atoms with van der Waals surface area (Å²) >= 11 is 0. The van der Waals surface area contributed by atoms with Crippen LogP contribution in [0.15, 0.2) is 47.0 Å². The lowest BCUT2D eigenvalue weighted by molar-refractivity contribution is 0.102. The Labute approximate surface area is 132 Å². The van der Waals surface area contributed by atoms with E-state index in [0.29, 0.717) is 28.8 Å². The van der Waals surface area contributed by atoms with Gasteiger partial charge in [-0.15, -0.1) is 10.2 Å². The van der Waals surface area contributed by atoms with Crippen molar-refractivity contribution in [1.29, 1.82) is 0 Å². The van der Waals surface area contributed by atoms with Gasteiger partial charge in [-0.05, 0) is 38.1 Å². The summed E-state index contributed by atoms with van der Waals surface area (Å²) in [5, 5.41) is 17.4. The normalized spacial score (nSPS) is 10.3. The molecule has 7 nitrogen and oxygen atoms in total. The van der Waals surface area contributed by atoms with Crippen LogP contribution in [0.1, 0.15) is 21.7 Å². The number of amides is 1. The minimum absolute atomic E-state index is 0.226. The molecule has 0 aliphatic carbocycles. The Morgan fingerprint density at radius 3 is 2.43 bits per heavy atom. The van der Waals surface area contributed by atoms with E-state index in [0.717, 1.165) is 5.56 Å². The van der Waals surface area contributed by atoms with Crippen molar-refractivity contribution in [3.8, 4) is 0 Å². The number of hydrogen-bond acceptors (Lipinski definition) is 6. The summed E-state index contributed by atoms with van der Waals surface area (Å²) in [7, 11) is 0. The Morgan fingerprint density at radius 2 is 1.78 bits per heavy atom. The van der Waals surface area contributed by atoms with Gasteiger partial charge in [-0.3, -0.25) is 4.79 Å². The van der Waals surface area contributed by atoms with E-state index in [1.165, 1.54) is 0 Å². The first kappa shape index (κ1) is 14.7. The van der Waals surface area contributed by atoms with Crippen molar-refractivity contribution in [2.75, 3.05) is 10.6 Å². The van der Waals surface area contributed by atoms with E-state index in [4.69, 9.17) is 4.52 Å². The van der Waals surface area contributed by atoms with Crippen LogP contribution in [-0.4, -0.2) is 21.3 Å². The highest BCUT2D eigenvalue weighted by Gasteiger charge is 2.08. The van der Waals surface area contributed by atoms with Gasteiger partial charge in [-0.2, -0.15) is 0 Å². The van der Waals surface area contributed by atoms with Gasteiger partial charge < -0.3 is 15.2 Å². The Morgan fingerprint density at radius 1 is 1.00 bits per heavy atom. The van der Waals surface area contributed by atoms with Gasteiger partial charge in [-0.25, -0.2) is 0 Å². The van der Waals surface area contributed by atoms with Gasteiger partial charge in [0.2, 0.25) is 0 Å². The Hall–Kier alpha value is -3.22. The lowest BCUT2D eigenvalue weighted by Crippen LogP contribution is -2.13. The lowest BCUT2D eigenvalue weighted by atomic mass is 10.1. The number of hydrogen-bond donors (Lipinski definition) is 2. The third-order valence-corrected chi connectivity index (χ3v) is 3.07. The molecule has 0 radical (unpaired) electrons. The van der Waals surface area contributed by atoms with Crippen molar-refractivity contribution < 1.29 is 9.32 Å². The number of benzene rings is 1. The molecule has 0 saturated heterocycles. The highest BCUT2D eigenvalue weighted by Crippen LogP contribution is 2.15. The second kappa shape index (κ2) is 6.27. The van der Waals surface area contributed by atoms with Crippen LogP contribution < -0.4 is 10.6 Å². The first-order valence-corrected chi connectivity index (χ1v) is 7.02. The van der Waals surface area contributed by atoms with E-state index in [2.05, 4.69) is 26.0 Å². The molecular weight excluding hydrogens is 294 g/mol.